The minimum absolute atomic E-state index is 0.168. The summed E-state index contributed by atoms with van der Waals surface area (Å²) >= 11 is 3.30. The van der Waals surface area contributed by atoms with Crippen LogP contribution >= 0.6 is 15.9 Å². The van der Waals surface area contributed by atoms with Crippen molar-refractivity contribution in [1.29, 1.82) is 0 Å². The van der Waals surface area contributed by atoms with Gasteiger partial charge in [0.25, 0.3) is 0 Å². The van der Waals surface area contributed by atoms with Crippen molar-refractivity contribution in [3.05, 3.63) is 28.7 Å². The fraction of sp³-hybridized carbons (Fsp3) is 0.600. The Balaban J connectivity index is 2.07. The summed E-state index contributed by atoms with van der Waals surface area (Å²) in [6.45, 7) is 7.75. The first-order valence-corrected chi connectivity index (χ1v) is 9.75. The number of ether oxygens (including phenoxy) is 1. The molecule has 1 heterocycles. The highest BCUT2D eigenvalue weighted by atomic mass is 79.9. The molecule has 1 aromatic rings. The van der Waals surface area contributed by atoms with Crippen LogP contribution in [-0.2, 0) is 14.8 Å². The number of nitrogens with one attached hydrogen (secondary N) is 1. The van der Waals surface area contributed by atoms with Gasteiger partial charge in [-0.15, -0.1) is 0 Å². The SMILES string of the molecule is CC(C)[C@H](CNS(=O)(=O)c1ccccc1Br)N1CCOCC1. The third-order valence-electron chi connectivity index (χ3n) is 3.89. The van der Waals surface area contributed by atoms with Crippen LogP contribution in [-0.4, -0.2) is 52.2 Å². The van der Waals surface area contributed by atoms with Crippen LogP contribution in [0.5, 0.6) is 0 Å². The maximum Gasteiger partial charge on any atom is 0.241 e. The van der Waals surface area contributed by atoms with Crippen molar-refractivity contribution in [3.63, 3.8) is 0 Å². The Morgan fingerprint density at radius 1 is 1.27 bits per heavy atom. The molecule has 1 atom stereocenters. The van der Waals surface area contributed by atoms with E-state index in [9.17, 15) is 8.42 Å². The van der Waals surface area contributed by atoms with Gasteiger partial charge in [-0.05, 0) is 34.0 Å². The highest BCUT2D eigenvalue weighted by Gasteiger charge is 2.26. The quantitative estimate of drug-likeness (QED) is 0.807. The van der Waals surface area contributed by atoms with Crippen molar-refractivity contribution in [1.82, 2.24) is 9.62 Å². The van der Waals surface area contributed by atoms with Gasteiger partial charge in [0, 0.05) is 30.1 Å². The molecule has 124 valence electrons. The number of nitrogens with zero attached hydrogens (tertiary/aromatic N) is 1. The van der Waals surface area contributed by atoms with Crippen LogP contribution in [0.25, 0.3) is 0 Å². The Bertz CT molecular complexity index is 586. The number of hydrogen-bond donors (Lipinski definition) is 1. The third-order valence-corrected chi connectivity index (χ3v) is 6.33. The predicted octanol–water partition coefficient (Wildman–Crippen LogP) is 2.08. The first-order chi connectivity index (χ1) is 10.4. The molecule has 0 saturated carbocycles. The second kappa shape index (κ2) is 7.88. The van der Waals surface area contributed by atoms with Gasteiger partial charge in [0.1, 0.15) is 0 Å². The van der Waals surface area contributed by atoms with Crippen LogP contribution in [0.3, 0.4) is 0 Å². The monoisotopic (exact) mass is 390 g/mol. The normalized spacial score (nSPS) is 18.5. The van der Waals surface area contributed by atoms with Crippen molar-refractivity contribution in [3.8, 4) is 0 Å². The van der Waals surface area contributed by atoms with Crippen molar-refractivity contribution < 1.29 is 13.2 Å². The van der Waals surface area contributed by atoms with E-state index < -0.39 is 10.0 Å². The lowest BCUT2D eigenvalue weighted by Gasteiger charge is -2.36. The lowest BCUT2D eigenvalue weighted by Crippen LogP contribution is -2.51. The molecule has 0 unspecified atom stereocenters. The van der Waals surface area contributed by atoms with E-state index in [1.807, 2.05) is 0 Å². The molecule has 1 fully saturated rings. The van der Waals surface area contributed by atoms with Crippen LogP contribution in [0.15, 0.2) is 33.6 Å². The van der Waals surface area contributed by atoms with Crippen LogP contribution in [0.2, 0.25) is 0 Å². The molecule has 0 aliphatic carbocycles. The lowest BCUT2D eigenvalue weighted by atomic mass is 10.0. The van der Waals surface area contributed by atoms with Crippen molar-refractivity contribution in [2.24, 2.45) is 5.92 Å². The minimum atomic E-state index is -3.51. The molecule has 0 amide bonds. The van der Waals surface area contributed by atoms with E-state index in [1.165, 1.54) is 0 Å². The topological polar surface area (TPSA) is 58.6 Å². The molecule has 0 aromatic heterocycles. The maximum absolute atomic E-state index is 12.5. The van der Waals surface area contributed by atoms with Gasteiger partial charge in [-0.25, -0.2) is 13.1 Å². The van der Waals surface area contributed by atoms with Gasteiger partial charge in [0.2, 0.25) is 10.0 Å². The van der Waals surface area contributed by atoms with Crippen molar-refractivity contribution in [2.45, 2.75) is 24.8 Å². The second-order valence-corrected chi connectivity index (χ2v) is 8.33. The van der Waals surface area contributed by atoms with Crippen LogP contribution in [0.1, 0.15) is 13.8 Å². The predicted molar refractivity (Wildman–Crippen MR) is 90.3 cm³/mol. The van der Waals surface area contributed by atoms with Gasteiger partial charge in [-0.2, -0.15) is 0 Å². The van der Waals surface area contributed by atoms with E-state index in [0.29, 0.717) is 30.1 Å². The van der Waals surface area contributed by atoms with Gasteiger partial charge in [-0.1, -0.05) is 26.0 Å². The summed E-state index contributed by atoms with van der Waals surface area (Å²) in [7, 11) is -3.51. The van der Waals surface area contributed by atoms with Crippen molar-refractivity contribution in [2.75, 3.05) is 32.8 Å². The maximum atomic E-state index is 12.5. The van der Waals surface area contributed by atoms with E-state index in [-0.39, 0.29) is 10.9 Å². The van der Waals surface area contributed by atoms with E-state index in [0.717, 1.165) is 13.1 Å². The molecule has 1 aromatic carbocycles. The highest BCUT2D eigenvalue weighted by molar-refractivity contribution is 9.10. The molecule has 0 bridgehead atoms. The summed E-state index contributed by atoms with van der Waals surface area (Å²) in [6, 6.07) is 7.03. The number of benzene rings is 1. The van der Waals surface area contributed by atoms with Crippen LogP contribution in [0.4, 0.5) is 0 Å². The van der Waals surface area contributed by atoms with Gasteiger partial charge in [0.05, 0.1) is 18.1 Å². The second-order valence-electron chi connectivity index (χ2n) is 5.74. The van der Waals surface area contributed by atoms with E-state index in [4.69, 9.17) is 4.74 Å². The first kappa shape index (κ1) is 17.9. The summed E-state index contributed by atoms with van der Waals surface area (Å²) < 4.78 is 33.7. The van der Waals surface area contributed by atoms with Gasteiger partial charge in [0.15, 0.2) is 0 Å². The summed E-state index contributed by atoms with van der Waals surface area (Å²) in [4.78, 5) is 2.58. The molecule has 0 radical (unpaired) electrons. The minimum Gasteiger partial charge on any atom is -0.379 e. The van der Waals surface area contributed by atoms with E-state index in [2.05, 4.69) is 39.4 Å². The molecular formula is C15H23BrN2O3S. The Labute approximate surface area is 141 Å². The van der Waals surface area contributed by atoms with Gasteiger partial charge >= 0.3 is 0 Å². The lowest BCUT2D eigenvalue weighted by molar-refractivity contribution is 0.00776. The summed E-state index contributed by atoms with van der Waals surface area (Å²) in [5, 5.41) is 0. The number of halogens is 1. The molecule has 1 saturated heterocycles. The standard InChI is InChI=1S/C15H23BrN2O3S/c1-12(2)14(18-7-9-21-10-8-18)11-17-22(19,20)15-6-4-3-5-13(15)16/h3-6,12,14,17H,7-11H2,1-2H3/t14-/m0/s1. The van der Waals surface area contributed by atoms with E-state index >= 15 is 0 Å². The van der Waals surface area contributed by atoms with Gasteiger partial charge < -0.3 is 4.74 Å². The third kappa shape index (κ3) is 4.52. The van der Waals surface area contributed by atoms with E-state index in [1.54, 1.807) is 24.3 Å². The molecule has 0 spiro atoms. The van der Waals surface area contributed by atoms with Crippen molar-refractivity contribution >= 4 is 26.0 Å². The summed E-state index contributed by atoms with van der Waals surface area (Å²) in [6.07, 6.45) is 0. The number of rotatable bonds is 6. The fourth-order valence-corrected chi connectivity index (χ4v) is 4.68. The number of morpholine rings is 1. The summed E-state index contributed by atoms with van der Waals surface area (Å²) in [5.74, 6) is 0.361. The molecule has 2 rings (SSSR count). The fourth-order valence-electron chi connectivity index (χ4n) is 2.63. The Morgan fingerprint density at radius 3 is 2.50 bits per heavy atom. The largest absolute Gasteiger partial charge is 0.379 e. The molecule has 7 heteroatoms. The molecule has 22 heavy (non-hydrogen) atoms. The molecule has 1 N–H and O–H groups in total. The molecule has 1 aliphatic heterocycles. The average molecular weight is 391 g/mol. The Hall–Kier alpha value is -0.470. The smallest absolute Gasteiger partial charge is 0.241 e. The molecule has 5 nitrogen and oxygen atoms in total. The first-order valence-electron chi connectivity index (χ1n) is 7.48. The average Bonchev–Trinajstić information content (AvgIpc) is 2.48. The van der Waals surface area contributed by atoms with Gasteiger partial charge in [-0.3, -0.25) is 4.90 Å². The highest BCUT2D eigenvalue weighted by Crippen LogP contribution is 2.21. The Morgan fingerprint density at radius 2 is 1.91 bits per heavy atom. The zero-order valence-corrected chi connectivity index (χ0v) is 15.4. The number of sulfonamides is 1. The number of hydrogen-bond acceptors (Lipinski definition) is 4. The Kier molecular flexibility index (Phi) is 6.40. The molecule has 1 aliphatic rings. The zero-order chi connectivity index (χ0) is 16.2. The van der Waals surface area contributed by atoms with Crippen LogP contribution in [0, 0.1) is 5.92 Å². The summed E-state index contributed by atoms with van der Waals surface area (Å²) in [5.41, 5.74) is 0. The zero-order valence-electron chi connectivity index (χ0n) is 13.0. The molecular weight excluding hydrogens is 368 g/mol. The van der Waals surface area contributed by atoms with Crippen LogP contribution < -0.4 is 4.72 Å².